The number of nitrogens with one attached hydrogen (secondary N) is 1. The maximum absolute atomic E-state index is 12.4. The molecule has 0 saturated carbocycles. The zero-order valence-electron chi connectivity index (χ0n) is 20.6. The molecule has 2 fully saturated rings. The summed E-state index contributed by atoms with van der Waals surface area (Å²) in [5.74, 6) is -0.142. The van der Waals surface area contributed by atoms with Crippen LogP contribution in [0.4, 0.5) is 0 Å². The highest BCUT2D eigenvalue weighted by molar-refractivity contribution is 7.61. The van der Waals surface area contributed by atoms with Crippen LogP contribution >= 0.6 is 15.6 Å². The van der Waals surface area contributed by atoms with Crippen LogP contribution in [0, 0.1) is 0 Å². The Labute approximate surface area is 213 Å². The first kappa shape index (κ1) is 30.3. The Balaban J connectivity index is 1.57. The van der Waals surface area contributed by atoms with Gasteiger partial charge in [0.15, 0.2) is 6.29 Å². The largest absolute Gasteiger partial charge is 0.483 e. The Bertz CT molecular complexity index is 1010. The lowest BCUT2D eigenvalue weighted by atomic mass is 9.96. The summed E-state index contributed by atoms with van der Waals surface area (Å²) < 4.78 is 49.5. The minimum Gasteiger partial charge on any atom is -0.390 e. The normalized spacial score (nSPS) is 38.2. The van der Waals surface area contributed by atoms with Crippen LogP contribution in [0.25, 0.3) is 0 Å². The fourth-order valence-electron chi connectivity index (χ4n) is 4.12. The number of amides is 1. The van der Waals surface area contributed by atoms with Crippen molar-refractivity contribution in [1.82, 2.24) is 15.1 Å². The van der Waals surface area contributed by atoms with Gasteiger partial charge in [0, 0.05) is 18.2 Å². The average Bonchev–Trinajstić information content (AvgIpc) is 3.12. The van der Waals surface area contributed by atoms with Crippen LogP contribution in [0.1, 0.15) is 20.3 Å². The average molecular weight is 573 g/mol. The summed E-state index contributed by atoms with van der Waals surface area (Å²) in [6, 6.07) is -0.942. The van der Waals surface area contributed by atoms with Gasteiger partial charge >= 0.3 is 15.6 Å². The van der Waals surface area contributed by atoms with Crippen LogP contribution in [0.5, 0.6) is 0 Å². The second-order valence-corrected chi connectivity index (χ2v) is 12.1. The second-order valence-electron chi connectivity index (χ2n) is 9.12. The SMILES string of the molecule is C=C1NC(=O)C(C)=CN1[C@H]1CC(O)[C@@H](COP(=O)(O)OP(=O)(O)O[C@H]2OC(C)[C@@H](O)[C@H](N(C)C)C2O)O1. The molecule has 16 nitrogen and oxygen atoms in total. The molecule has 5 unspecified atom stereocenters. The van der Waals surface area contributed by atoms with E-state index in [1.807, 2.05) is 0 Å². The van der Waals surface area contributed by atoms with Crippen molar-refractivity contribution < 1.29 is 61.9 Å². The summed E-state index contributed by atoms with van der Waals surface area (Å²) in [6.45, 7) is 6.01. The van der Waals surface area contributed by atoms with Crippen LogP contribution in [-0.2, 0) is 36.8 Å². The fourth-order valence-corrected chi connectivity index (χ4v) is 6.27. The van der Waals surface area contributed by atoms with E-state index in [0.29, 0.717) is 5.57 Å². The maximum atomic E-state index is 12.4. The molecule has 3 heterocycles. The second kappa shape index (κ2) is 11.5. The first-order valence-electron chi connectivity index (χ1n) is 11.2. The predicted octanol–water partition coefficient (Wildman–Crippen LogP) is -1.08. The molecule has 3 aliphatic rings. The van der Waals surface area contributed by atoms with Crippen molar-refractivity contribution >= 4 is 21.6 Å². The van der Waals surface area contributed by atoms with Crippen LogP contribution < -0.4 is 5.32 Å². The molecule has 212 valence electrons. The number of phosphoric acid groups is 2. The van der Waals surface area contributed by atoms with Gasteiger partial charge in [0.1, 0.15) is 24.3 Å². The van der Waals surface area contributed by atoms with Gasteiger partial charge in [-0.15, -0.1) is 0 Å². The molecular formula is C19H33N3O13P2. The monoisotopic (exact) mass is 573 g/mol. The molecule has 37 heavy (non-hydrogen) atoms. The molecule has 0 spiro atoms. The third-order valence-electron chi connectivity index (χ3n) is 6.02. The van der Waals surface area contributed by atoms with Gasteiger partial charge in [-0.3, -0.25) is 13.8 Å². The van der Waals surface area contributed by atoms with Crippen molar-refractivity contribution in [2.75, 3.05) is 20.7 Å². The van der Waals surface area contributed by atoms with E-state index in [1.165, 1.54) is 22.9 Å². The highest BCUT2D eigenvalue weighted by Gasteiger charge is 2.49. The number of carbonyl (C=O) groups excluding carboxylic acids is 1. The van der Waals surface area contributed by atoms with Gasteiger partial charge in [-0.2, -0.15) is 4.31 Å². The Kier molecular flexibility index (Phi) is 9.41. The number of aliphatic hydroxyl groups is 3. The molecule has 0 bridgehead atoms. The lowest BCUT2D eigenvalue weighted by molar-refractivity contribution is -0.256. The van der Waals surface area contributed by atoms with Crippen molar-refractivity contribution in [2.24, 2.45) is 0 Å². The topological polar surface area (TPSA) is 217 Å². The molecule has 0 radical (unpaired) electrons. The fraction of sp³-hybridized carbons (Fsp3) is 0.737. The van der Waals surface area contributed by atoms with E-state index in [-0.39, 0.29) is 18.1 Å². The van der Waals surface area contributed by atoms with E-state index in [0.717, 1.165) is 0 Å². The third kappa shape index (κ3) is 7.25. The number of carbonyl (C=O) groups is 1. The number of rotatable bonds is 9. The van der Waals surface area contributed by atoms with Crippen LogP contribution in [-0.4, -0.2) is 111 Å². The molecule has 3 aliphatic heterocycles. The van der Waals surface area contributed by atoms with E-state index in [2.05, 4.69) is 16.2 Å². The van der Waals surface area contributed by atoms with Crippen LogP contribution in [0.15, 0.2) is 24.2 Å². The molecule has 0 aromatic heterocycles. The third-order valence-corrected chi connectivity index (χ3v) is 8.63. The molecule has 2 saturated heterocycles. The molecule has 0 aromatic rings. The molecular weight excluding hydrogens is 540 g/mol. The van der Waals surface area contributed by atoms with Crippen molar-refractivity contribution in [2.45, 2.75) is 69.3 Å². The summed E-state index contributed by atoms with van der Waals surface area (Å²) in [4.78, 5) is 34.6. The van der Waals surface area contributed by atoms with Gasteiger partial charge in [0.25, 0.3) is 5.91 Å². The minimum atomic E-state index is -5.35. The first-order valence-corrected chi connectivity index (χ1v) is 14.2. The number of ether oxygens (including phenoxy) is 2. The number of hydrogen-bond donors (Lipinski definition) is 6. The molecule has 0 aliphatic carbocycles. The van der Waals surface area contributed by atoms with E-state index in [1.54, 1.807) is 21.0 Å². The van der Waals surface area contributed by atoms with Gasteiger partial charge < -0.3 is 49.7 Å². The molecule has 6 N–H and O–H groups in total. The number of aliphatic hydroxyl groups excluding tert-OH is 3. The predicted molar refractivity (Wildman–Crippen MR) is 124 cm³/mol. The van der Waals surface area contributed by atoms with Gasteiger partial charge in [-0.25, -0.2) is 9.13 Å². The van der Waals surface area contributed by atoms with Crippen molar-refractivity contribution in [3.63, 3.8) is 0 Å². The molecule has 0 aromatic carbocycles. The van der Waals surface area contributed by atoms with Crippen molar-refractivity contribution in [3.05, 3.63) is 24.2 Å². The van der Waals surface area contributed by atoms with E-state index in [4.69, 9.17) is 18.5 Å². The van der Waals surface area contributed by atoms with Crippen molar-refractivity contribution in [1.29, 1.82) is 0 Å². The molecule has 18 heteroatoms. The number of likely N-dealkylation sites (N-methyl/N-ethyl adjacent to an activating group) is 1. The van der Waals surface area contributed by atoms with E-state index < -0.39 is 71.3 Å². The van der Waals surface area contributed by atoms with E-state index >= 15 is 0 Å². The molecule has 3 rings (SSSR count). The Morgan fingerprint density at radius 2 is 1.84 bits per heavy atom. The van der Waals surface area contributed by atoms with Gasteiger partial charge in [-0.1, -0.05) is 6.58 Å². The number of hydrogen-bond acceptors (Lipinski definition) is 13. The smallest absolute Gasteiger partial charge is 0.390 e. The lowest BCUT2D eigenvalue weighted by Crippen LogP contribution is -2.62. The van der Waals surface area contributed by atoms with Gasteiger partial charge in [0.05, 0.1) is 31.0 Å². The highest BCUT2D eigenvalue weighted by atomic mass is 31.3. The Hall–Kier alpha value is -1.23. The summed E-state index contributed by atoms with van der Waals surface area (Å²) in [5.41, 5.74) is 0.366. The number of phosphoric ester groups is 2. The number of nitrogens with zero attached hydrogens (tertiary/aromatic N) is 2. The van der Waals surface area contributed by atoms with Gasteiger partial charge in [-0.05, 0) is 27.9 Å². The summed E-state index contributed by atoms with van der Waals surface area (Å²) in [7, 11) is -7.50. The zero-order valence-corrected chi connectivity index (χ0v) is 22.4. The van der Waals surface area contributed by atoms with Crippen LogP contribution in [0.2, 0.25) is 0 Å². The van der Waals surface area contributed by atoms with Crippen LogP contribution in [0.3, 0.4) is 0 Å². The van der Waals surface area contributed by atoms with Gasteiger partial charge in [0.2, 0.25) is 0 Å². The molecule has 1 amide bonds. The van der Waals surface area contributed by atoms with E-state index in [9.17, 15) is 39.0 Å². The first-order chi connectivity index (χ1) is 17.0. The summed E-state index contributed by atoms with van der Waals surface area (Å²) in [6.07, 6.45) is -7.06. The zero-order chi connectivity index (χ0) is 27.9. The molecule has 10 atom stereocenters. The Morgan fingerprint density at radius 1 is 1.19 bits per heavy atom. The summed E-state index contributed by atoms with van der Waals surface area (Å²) in [5, 5.41) is 33.5. The Morgan fingerprint density at radius 3 is 2.46 bits per heavy atom. The minimum absolute atomic E-state index is 0.0267. The highest BCUT2D eigenvalue weighted by Crippen LogP contribution is 2.61. The lowest BCUT2D eigenvalue weighted by Gasteiger charge is -2.44. The summed E-state index contributed by atoms with van der Waals surface area (Å²) >= 11 is 0. The maximum Gasteiger partial charge on any atom is 0.483 e. The standard InChI is InChI=1S/C19H33N3O13P2/c1-9-7-22(11(3)20-18(9)26)14-6-12(23)13(33-14)8-31-36(27,28)35-37(29,30)34-19-17(25)15(21(4)5)16(24)10(2)32-19/h7,10,12-17,19,23-25H,3,6,8H2,1-2,4-5H3,(H,20,26)(H,27,28)(H,29,30)/t10?,12?,13-,14-,15+,16-,17?,19-/m1/s1. The quantitative estimate of drug-likeness (QED) is 0.181. The van der Waals surface area contributed by atoms with Crippen molar-refractivity contribution in [3.8, 4) is 0 Å².